The van der Waals surface area contributed by atoms with Crippen LogP contribution in [0.4, 0.5) is 5.69 Å². The first-order valence-electron chi connectivity index (χ1n) is 9.64. The normalized spacial score (nSPS) is 19.4. The number of ether oxygens (including phenoxy) is 1. The molecule has 0 bridgehead atoms. The third-order valence-corrected chi connectivity index (χ3v) is 5.16. The molecule has 2 fully saturated rings. The van der Waals surface area contributed by atoms with Crippen molar-refractivity contribution in [2.45, 2.75) is 25.4 Å². The van der Waals surface area contributed by atoms with E-state index in [4.69, 9.17) is 15.9 Å². The molecule has 0 spiro atoms. The quantitative estimate of drug-likeness (QED) is 0.398. The summed E-state index contributed by atoms with van der Waals surface area (Å²) in [6.45, 7) is 8.01. The van der Waals surface area contributed by atoms with Gasteiger partial charge >= 0.3 is 0 Å². The Kier molecular flexibility index (Phi) is 6.12. The number of nitrogens with two attached hydrogens (primary N) is 1. The lowest BCUT2D eigenvalue weighted by atomic mass is 10.0. The van der Waals surface area contributed by atoms with Gasteiger partial charge in [-0.05, 0) is 44.0 Å². The summed E-state index contributed by atoms with van der Waals surface area (Å²) in [5.74, 6) is 0.775. The number of benzene rings is 1. The number of nitrogens with one attached hydrogen (secondary N) is 1. The molecule has 8 nitrogen and oxygen atoms in total. The van der Waals surface area contributed by atoms with Gasteiger partial charge in [0.05, 0.1) is 24.6 Å². The zero-order chi connectivity index (χ0) is 21.0. The average Bonchev–Trinajstić information content (AvgIpc) is 3.42. The summed E-state index contributed by atoms with van der Waals surface area (Å²) in [6, 6.07) is 5.33. The molecule has 1 aromatic carbocycles. The van der Waals surface area contributed by atoms with Crippen LogP contribution in [0.2, 0.25) is 0 Å². The number of aliphatic imine (C=N–C) groups is 2. The highest BCUT2D eigenvalue weighted by Crippen LogP contribution is 2.40. The number of nitrogen functional groups attached to an aromatic ring is 1. The highest BCUT2D eigenvalue weighted by molar-refractivity contribution is 6.52. The molecule has 1 saturated carbocycles. The van der Waals surface area contributed by atoms with E-state index in [2.05, 4.69) is 23.5 Å². The zero-order valence-corrected chi connectivity index (χ0v) is 17.0. The molecule has 2 aliphatic rings. The maximum Gasteiger partial charge on any atom is 0.236 e. The molecule has 0 aromatic heterocycles. The van der Waals surface area contributed by atoms with Gasteiger partial charge in [-0.1, -0.05) is 6.58 Å². The Hall–Kier alpha value is -3.00. The van der Waals surface area contributed by atoms with E-state index in [-0.39, 0.29) is 17.2 Å². The smallest absolute Gasteiger partial charge is 0.236 e. The molecule has 0 radical (unpaired) electrons. The second kappa shape index (κ2) is 8.57. The van der Waals surface area contributed by atoms with E-state index in [1.807, 2.05) is 11.0 Å². The van der Waals surface area contributed by atoms with Crippen molar-refractivity contribution in [2.24, 2.45) is 9.98 Å². The summed E-state index contributed by atoms with van der Waals surface area (Å²) in [5.41, 5.74) is 7.51. The molecular formula is C21H28N6O2. The molecule has 1 amide bonds. The summed E-state index contributed by atoms with van der Waals surface area (Å²) >= 11 is 0. The van der Waals surface area contributed by atoms with E-state index >= 15 is 0 Å². The van der Waals surface area contributed by atoms with Gasteiger partial charge < -0.3 is 15.4 Å². The van der Waals surface area contributed by atoms with E-state index in [1.165, 1.54) is 12.4 Å². The Morgan fingerprint density at radius 1 is 1.41 bits per heavy atom. The Balaban J connectivity index is 1.65. The molecule has 3 rings (SSSR count). The van der Waals surface area contributed by atoms with Crippen molar-refractivity contribution in [3.05, 3.63) is 36.4 Å². The molecule has 1 heterocycles. The number of hydrogen-bond acceptors (Lipinski definition) is 6. The van der Waals surface area contributed by atoms with Gasteiger partial charge in [0.25, 0.3) is 0 Å². The predicted octanol–water partition coefficient (Wildman–Crippen LogP) is 1.95. The third kappa shape index (κ3) is 5.29. The standard InChI is InChI=1S/C21H28N6O2/c1-4-18(25-13-24-14-27-10-9-26(3)19(28)12-27)20(23)16-11-15(5-6-17(16)22)29-21(2)7-8-21/h4-6,11,13,23H,1,7-10,12,14,22H2,2-3H3. The lowest BCUT2D eigenvalue weighted by Gasteiger charge is -2.30. The van der Waals surface area contributed by atoms with Gasteiger partial charge in [-0.25, -0.2) is 4.99 Å². The summed E-state index contributed by atoms with van der Waals surface area (Å²) in [7, 11) is 1.80. The van der Waals surface area contributed by atoms with Crippen LogP contribution in [-0.4, -0.2) is 72.4 Å². The van der Waals surface area contributed by atoms with Crippen LogP contribution in [0.15, 0.2) is 40.8 Å². The minimum Gasteiger partial charge on any atom is -0.488 e. The van der Waals surface area contributed by atoms with Crippen molar-refractivity contribution < 1.29 is 9.53 Å². The average molecular weight is 396 g/mol. The highest BCUT2D eigenvalue weighted by atomic mass is 16.5. The van der Waals surface area contributed by atoms with Crippen LogP contribution in [-0.2, 0) is 4.79 Å². The Bertz CT molecular complexity index is 872. The lowest BCUT2D eigenvalue weighted by Crippen LogP contribution is -2.48. The summed E-state index contributed by atoms with van der Waals surface area (Å²) < 4.78 is 5.97. The van der Waals surface area contributed by atoms with Gasteiger partial charge in [0.1, 0.15) is 17.7 Å². The Morgan fingerprint density at radius 3 is 2.83 bits per heavy atom. The molecule has 1 saturated heterocycles. The van der Waals surface area contributed by atoms with Crippen molar-refractivity contribution in [1.29, 1.82) is 5.41 Å². The second-order valence-electron chi connectivity index (χ2n) is 7.70. The number of hydrogen-bond donors (Lipinski definition) is 2. The summed E-state index contributed by atoms with van der Waals surface area (Å²) in [6.07, 6.45) is 4.96. The number of amides is 1. The first kappa shape index (κ1) is 20.7. The number of nitrogens with zero attached hydrogens (tertiary/aromatic N) is 4. The van der Waals surface area contributed by atoms with Crippen LogP contribution in [0.25, 0.3) is 0 Å². The third-order valence-electron chi connectivity index (χ3n) is 5.16. The van der Waals surface area contributed by atoms with Gasteiger partial charge in [-0.15, -0.1) is 0 Å². The van der Waals surface area contributed by atoms with Crippen LogP contribution in [0.3, 0.4) is 0 Å². The van der Waals surface area contributed by atoms with E-state index < -0.39 is 0 Å². The van der Waals surface area contributed by atoms with E-state index in [0.717, 1.165) is 19.4 Å². The number of anilines is 1. The molecule has 1 aliphatic heterocycles. The fourth-order valence-corrected chi connectivity index (χ4v) is 2.92. The van der Waals surface area contributed by atoms with Crippen LogP contribution in [0.5, 0.6) is 5.75 Å². The number of carbonyl (C=O) groups excluding carboxylic acids is 1. The topological polar surface area (TPSA) is 107 Å². The van der Waals surface area contributed by atoms with Gasteiger partial charge in [0.15, 0.2) is 0 Å². The SMILES string of the molecule is C=CC(=NC=NCN1CCN(C)C(=O)C1)C(=N)c1cc(OC2(C)CC2)ccc1N. The number of likely N-dealkylation sites (N-methyl/N-ethyl adjacent to an activating group) is 1. The van der Waals surface area contributed by atoms with Gasteiger partial charge in [-0.3, -0.25) is 20.1 Å². The number of piperazine rings is 1. The van der Waals surface area contributed by atoms with Gasteiger partial charge in [-0.2, -0.15) is 0 Å². The van der Waals surface area contributed by atoms with E-state index in [0.29, 0.717) is 42.5 Å². The number of allylic oxidation sites excluding steroid dienone is 1. The molecule has 1 aliphatic carbocycles. The van der Waals surface area contributed by atoms with Crippen LogP contribution >= 0.6 is 0 Å². The lowest BCUT2D eigenvalue weighted by molar-refractivity contribution is -0.134. The van der Waals surface area contributed by atoms with Crippen LogP contribution in [0.1, 0.15) is 25.3 Å². The molecular weight excluding hydrogens is 368 g/mol. The van der Waals surface area contributed by atoms with Crippen molar-refractivity contribution in [2.75, 3.05) is 39.1 Å². The van der Waals surface area contributed by atoms with Gasteiger partial charge in [0.2, 0.25) is 5.91 Å². The highest BCUT2D eigenvalue weighted by Gasteiger charge is 2.40. The van der Waals surface area contributed by atoms with Crippen molar-refractivity contribution in [3.63, 3.8) is 0 Å². The first-order valence-corrected chi connectivity index (χ1v) is 9.64. The number of carbonyl (C=O) groups is 1. The monoisotopic (exact) mass is 396 g/mol. The van der Waals surface area contributed by atoms with E-state index in [9.17, 15) is 4.79 Å². The predicted molar refractivity (Wildman–Crippen MR) is 116 cm³/mol. The second-order valence-corrected chi connectivity index (χ2v) is 7.70. The molecule has 8 heteroatoms. The number of rotatable bonds is 8. The summed E-state index contributed by atoms with van der Waals surface area (Å²) in [4.78, 5) is 23.9. The molecule has 0 unspecified atom stereocenters. The maximum absolute atomic E-state index is 11.7. The van der Waals surface area contributed by atoms with E-state index in [1.54, 1.807) is 24.1 Å². The van der Waals surface area contributed by atoms with Crippen molar-refractivity contribution in [3.8, 4) is 5.75 Å². The van der Waals surface area contributed by atoms with Crippen molar-refractivity contribution in [1.82, 2.24) is 9.80 Å². The Morgan fingerprint density at radius 2 is 2.17 bits per heavy atom. The maximum atomic E-state index is 11.7. The minimum absolute atomic E-state index is 0.0844. The fraction of sp³-hybridized carbons (Fsp3) is 0.429. The van der Waals surface area contributed by atoms with Crippen molar-refractivity contribution >= 4 is 29.4 Å². The minimum atomic E-state index is -0.109. The van der Waals surface area contributed by atoms with Crippen LogP contribution < -0.4 is 10.5 Å². The molecule has 1 aromatic rings. The zero-order valence-electron chi connectivity index (χ0n) is 17.0. The fourth-order valence-electron chi connectivity index (χ4n) is 2.92. The van der Waals surface area contributed by atoms with Gasteiger partial charge in [0, 0.05) is 31.4 Å². The molecule has 154 valence electrons. The largest absolute Gasteiger partial charge is 0.488 e. The summed E-state index contributed by atoms with van der Waals surface area (Å²) in [5, 5.41) is 8.49. The molecule has 29 heavy (non-hydrogen) atoms. The molecule has 3 N–H and O–H groups in total. The molecule has 0 atom stereocenters. The Labute approximate surface area is 171 Å². The first-order chi connectivity index (χ1) is 13.8. The van der Waals surface area contributed by atoms with Crippen LogP contribution in [0, 0.1) is 5.41 Å².